The Morgan fingerprint density at radius 3 is 2.26 bits per heavy atom. The van der Waals surface area contributed by atoms with E-state index in [9.17, 15) is 0 Å². The second kappa shape index (κ2) is 10.6. The number of fused-ring (bicyclic) bond motifs is 3. The first-order chi connectivity index (χ1) is 15.2. The van der Waals surface area contributed by atoms with Crippen LogP contribution in [0.15, 0.2) is 36.4 Å². The van der Waals surface area contributed by atoms with Gasteiger partial charge in [0.25, 0.3) is 0 Å². The molecule has 3 aliphatic carbocycles. The molecule has 1 aromatic rings. The fourth-order valence-corrected chi connectivity index (χ4v) is 6.10. The van der Waals surface area contributed by atoms with Crippen LogP contribution in [0.5, 0.6) is 0 Å². The van der Waals surface area contributed by atoms with Crippen LogP contribution in [0, 0.1) is 5.41 Å². The van der Waals surface area contributed by atoms with Crippen LogP contribution in [0.25, 0.3) is 0 Å². The predicted octanol–water partition coefficient (Wildman–Crippen LogP) is 7.26. The molecular formula is C28H42O3. The van der Waals surface area contributed by atoms with Crippen molar-refractivity contribution in [3.05, 3.63) is 47.5 Å². The molecule has 1 heterocycles. The van der Waals surface area contributed by atoms with E-state index in [1.807, 2.05) is 0 Å². The van der Waals surface area contributed by atoms with Gasteiger partial charge in [-0.15, -0.1) is 0 Å². The van der Waals surface area contributed by atoms with Gasteiger partial charge in [-0.3, -0.25) is 0 Å². The fraction of sp³-hybridized carbons (Fsp3) is 0.714. The molecule has 0 aromatic heterocycles. The summed E-state index contributed by atoms with van der Waals surface area (Å²) in [5.74, 6) is 0. The van der Waals surface area contributed by atoms with E-state index in [0.29, 0.717) is 30.7 Å². The van der Waals surface area contributed by atoms with Gasteiger partial charge in [-0.1, -0.05) is 69.5 Å². The van der Waals surface area contributed by atoms with Crippen molar-refractivity contribution in [2.45, 2.75) is 102 Å². The average Bonchev–Trinajstić information content (AvgIpc) is 2.83. The van der Waals surface area contributed by atoms with Crippen molar-refractivity contribution in [3.63, 3.8) is 0 Å². The summed E-state index contributed by atoms with van der Waals surface area (Å²) in [6.07, 6.45) is 18.8. The van der Waals surface area contributed by atoms with E-state index >= 15 is 0 Å². The highest BCUT2D eigenvalue weighted by Gasteiger charge is 2.48. The molecule has 0 unspecified atom stereocenters. The number of hydrogen-bond donors (Lipinski definition) is 0. The van der Waals surface area contributed by atoms with Crippen LogP contribution in [0.2, 0.25) is 0 Å². The summed E-state index contributed by atoms with van der Waals surface area (Å²) in [4.78, 5) is 0. The lowest BCUT2D eigenvalue weighted by Gasteiger charge is -2.54. The Hall–Kier alpha value is -1.16. The van der Waals surface area contributed by atoms with Crippen LogP contribution in [0.4, 0.5) is 0 Å². The van der Waals surface area contributed by atoms with Gasteiger partial charge in [-0.2, -0.15) is 0 Å². The number of allylic oxidation sites excluding steroid dienone is 1. The Kier molecular flexibility index (Phi) is 7.90. The van der Waals surface area contributed by atoms with E-state index in [1.165, 1.54) is 69.8 Å². The van der Waals surface area contributed by atoms with E-state index < -0.39 is 0 Å². The fourth-order valence-electron chi connectivity index (χ4n) is 6.10. The molecule has 0 radical (unpaired) electrons. The summed E-state index contributed by atoms with van der Waals surface area (Å²) in [6, 6.07) is 9.30. The van der Waals surface area contributed by atoms with Crippen LogP contribution < -0.4 is 0 Å². The Labute approximate surface area is 189 Å². The van der Waals surface area contributed by atoms with Crippen molar-refractivity contribution in [2.75, 3.05) is 19.8 Å². The molecule has 2 bridgehead atoms. The van der Waals surface area contributed by atoms with Crippen molar-refractivity contribution < 1.29 is 14.2 Å². The molecule has 3 saturated carbocycles. The van der Waals surface area contributed by atoms with Crippen LogP contribution in [0.3, 0.4) is 0 Å². The minimum Gasteiger partial charge on any atom is -0.366 e. The third-order valence-corrected chi connectivity index (χ3v) is 8.21. The first kappa shape index (κ1) is 23.0. The molecule has 31 heavy (non-hydrogen) atoms. The van der Waals surface area contributed by atoms with Crippen LogP contribution >= 0.6 is 0 Å². The summed E-state index contributed by atoms with van der Waals surface area (Å²) in [7, 11) is 0. The zero-order valence-electron chi connectivity index (χ0n) is 19.7. The number of unbranched alkanes of at least 4 members (excludes halogenated alkanes) is 2. The van der Waals surface area contributed by atoms with Gasteiger partial charge in [0.1, 0.15) is 6.10 Å². The molecule has 3 nitrogen and oxygen atoms in total. The molecule has 4 fully saturated rings. The molecule has 0 N–H and O–H groups in total. The lowest BCUT2D eigenvalue weighted by Crippen LogP contribution is -2.44. The molecule has 5 rings (SSSR count). The van der Waals surface area contributed by atoms with E-state index in [2.05, 4.69) is 50.3 Å². The third kappa shape index (κ3) is 5.43. The van der Waals surface area contributed by atoms with Crippen molar-refractivity contribution in [1.29, 1.82) is 0 Å². The highest BCUT2D eigenvalue weighted by Crippen LogP contribution is 2.59. The summed E-state index contributed by atoms with van der Waals surface area (Å²) in [6.45, 7) is 6.22. The third-order valence-electron chi connectivity index (χ3n) is 8.21. The summed E-state index contributed by atoms with van der Waals surface area (Å²) in [5.41, 5.74) is 3.88. The number of ether oxygens (including phenoxy) is 3. The normalized spacial score (nSPS) is 33.2. The first-order valence-corrected chi connectivity index (χ1v) is 12.8. The molecule has 3 heteroatoms. The Balaban J connectivity index is 1.25. The molecule has 4 aliphatic rings. The molecule has 172 valence electrons. The van der Waals surface area contributed by atoms with E-state index in [4.69, 9.17) is 14.2 Å². The molecule has 2 atom stereocenters. The van der Waals surface area contributed by atoms with Gasteiger partial charge in [-0.25, -0.2) is 0 Å². The maximum Gasteiger partial charge on any atom is 0.181 e. The standard InChI is InChI=1S/C28H42O3/c1-3-5-6-7-8-20-29-26-22-30-25(21-31-26)23-9-11-24(12-10-23)28-17-14-27(13-4-2,15-18-28)16-19-28/h7-12,25-26H,3-6,13-22H2,1-2H3/t25-,26+,27?,28?/m0/s1. The SMILES string of the molecule is CCCCC=CCO[C@H]1CO[C@H](c2ccc(C34CCC(CCC)(CC3)CC4)cc2)CO1. The number of benzene rings is 1. The average molecular weight is 427 g/mol. The maximum atomic E-state index is 6.08. The van der Waals surface area contributed by atoms with Crippen molar-refractivity contribution >= 4 is 0 Å². The molecule has 0 spiro atoms. The minimum absolute atomic E-state index is 0.0152. The maximum absolute atomic E-state index is 6.08. The molecule has 1 aliphatic heterocycles. The van der Waals surface area contributed by atoms with E-state index in [-0.39, 0.29) is 12.4 Å². The zero-order chi connectivity index (χ0) is 21.6. The van der Waals surface area contributed by atoms with Gasteiger partial charge in [0.15, 0.2) is 6.29 Å². The molecule has 1 saturated heterocycles. The second-order valence-electron chi connectivity index (χ2n) is 10.2. The van der Waals surface area contributed by atoms with Crippen molar-refractivity contribution in [2.24, 2.45) is 5.41 Å². The van der Waals surface area contributed by atoms with Crippen LogP contribution in [0.1, 0.15) is 102 Å². The largest absolute Gasteiger partial charge is 0.366 e. The highest BCUT2D eigenvalue weighted by molar-refractivity contribution is 5.32. The van der Waals surface area contributed by atoms with Gasteiger partial charge in [-0.05, 0) is 73.3 Å². The van der Waals surface area contributed by atoms with Crippen molar-refractivity contribution in [1.82, 2.24) is 0 Å². The van der Waals surface area contributed by atoms with E-state index in [0.717, 1.165) is 6.42 Å². The van der Waals surface area contributed by atoms with Crippen LogP contribution in [-0.2, 0) is 19.6 Å². The molecular weight excluding hydrogens is 384 g/mol. The molecule has 0 amide bonds. The lowest BCUT2D eigenvalue weighted by molar-refractivity contribution is -0.232. The number of hydrogen-bond acceptors (Lipinski definition) is 3. The first-order valence-electron chi connectivity index (χ1n) is 12.8. The Morgan fingerprint density at radius 1 is 0.903 bits per heavy atom. The smallest absolute Gasteiger partial charge is 0.181 e. The van der Waals surface area contributed by atoms with Gasteiger partial charge in [0.2, 0.25) is 0 Å². The lowest BCUT2D eigenvalue weighted by atomic mass is 9.51. The second-order valence-corrected chi connectivity index (χ2v) is 10.2. The summed E-state index contributed by atoms with van der Waals surface area (Å²) in [5, 5.41) is 0. The highest BCUT2D eigenvalue weighted by atomic mass is 16.7. The van der Waals surface area contributed by atoms with Crippen LogP contribution in [-0.4, -0.2) is 26.1 Å². The zero-order valence-corrected chi connectivity index (χ0v) is 19.7. The van der Waals surface area contributed by atoms with Gasteiger partial charge in [0.05, 0.1) is 19.8 Å². The Morgan fingerprint density at radius 2 is 1.65 bits per heavy atom. The van der Waals surface area contributed by atoms with Gasteiger partial charge < -0.3 is 14.2 Å². The van der Waals surface area contributed by atoms with Crippen molar-refractivity contribution in [3.8, 4) is 0 Å². The van der Waals surface area contributed by atoms with Gasteiger partial charge in [0, 0.05) is 0 Å². The Bertz CT molecular complexity index is 675. The minimum atomic E-state index is -0.252. The molecule has 1 aromatic carbocycles. The number of rotatable bonds is 10. The predicted molar refractivity (Wildman–Crippen MR) is 126 cm³/mol. The quantitative estimate of drug-likeness (QED) is 0.291. The van der Waals surface area contributed by atoms with E-state index in [1.54, 1.807) is 5.56 Å². The monoisotopic (exact) mass is 426 g/mol. The summed E-state index contributed by atoms with van der Waals surface area (Å²) >= 11 is 0. The topological polar surface area (TPSA) is 27.7 Å². The van der Waals surface area contributed by atoms with Gasteiger partial charge >= 0.3 is 0 Å². The summed E-state index contributed by atoms with van der Waals surface area (Å²) < 4.78 is 17.8.